The van der Waals surface area contributed by atoms with Gasteiger partial charge in [0, 0.05) is 12.8 Å². The Hall–Kier alpha value is -6.58. The van der Waals surface area contributed by atoms with E-state index in [1.807, 2.05) is 182 Å². The monoisotopic (exact) mass is 1040 g/mol. The highest BCUT2D eigenvalue weighted by Crippen LogP contribution is 2.34. The van der Waals surface area contributed by atoms with Crippen molar-refractivity contribution in [3.05, 3.63) is 241 Å². The molecule has 0 radical (unpaired) electrons. The first-order chi connectivity index (χ1) is 37.9. The fourth-order valence-corrected chi connectivity index (χ4v) is 9.61. The van der Waals surface area contributed by atoms with Crippen LogP contribution in [0.5, 0.6) is 0 Å². The van der Waals surface area contributed by atoms with Crippen LogP contribution in [0.3, 0.4) is 0 Å². The molecule has 2 aliphatic rings. The van der Waals surface area contributed by atoms with Gasteiger partial charge in [-0.3, -0.25) is 9.59 Å². The van der Waals surface area contributed by atoms with Crippen LogP contribution >= 0.6 is 0 Å². The molecule has 10 atom stereocenters. The Morgan fingerprint density at radius 1 is 0.351 bits per heavy atom. The van der Waals surface area contributed by atoms with E-state index in [-0.39, 0.29) is 45.7 Å². The summed E-state index contributed by atoms with van der Waals surface area (Å²) < 4.78 is 65.8. The Bertz CT molecular complexity index is 2440. The van der Waals surface area contributed by atoms with E-state index in [2.05, 4.69) is 13.2 Å². The van der Waals surface area contributed by atoms with Crippen LogP contribution in [0, 0.1) is 0 Å². The van der Waals surface area contributed by atoms with E-state index in [1.54, 1.807) is 12.2 Å². The van der Waals surface area contributed by atoms with E-state index >= 15 is 0 Å². The Morgan fingerprint density at radius 2 is 0.584 bits per heavy atom. The third-order valence-electron chi connectivity index (χ3n) is 13.5. The molecule has 0 unspecified atom stereocenters. The maximum absolute atomic E-state index is 13.6. The topological polar surface area (TPSA) is 126 Å². The van der Waals surface area contributed by atoms with Crippen molar-refractivity contribution in [3.8, 4) is 0 Å². The number of rotatable bonds is 30. The van der Waals surface area contributed by atoms with Gasteiger partial charge in [0.05, 0.1) is 51.8 Å². The molecule has 0 spiro atoms. The minimum atomic E-state index is -0.726. The lowest BCUT2D eigenvalue weighted by molar-refractivity contribution is -0.270. The van der Waals surface area contributed by atoms with Gasteiger partial charge < -0.3 is 47.4 Å². The maximum Gasteiger partial charge on any atom is 0.305 e. The molecule has 2 aliphatic heterocycles. The van der Waals surface area contributed by atoms with Crippen molar-refractivity contribution in [1.29, 1.82) is 0 Å². The number of hydrogen-bond acceptors (Lipinski definition) is 12. The third-order valence-corrected chi connectivity index (χ3v) is 13.5. The molecule has 8 rings (SSSR count). The number of ether oxygens (including phenoxy) is 10. The first-order valence-corrected chi connectivity index (χ1v) is 26.7. The first kappa shape index (κ1) is 56.6. The van der Waals surface area contributed by atoms with E-state index in [9.17, 15) is 9.59 Å². The minimum absolute atomic E-state index is 0.0375. The van der Waals surface area contributed by atoms with Gasteiger partial charge in [0.1, 0.15) is 62.0 Å². The predicted octanol–water partition coefficient (Wildman–Crippen LogP) is 11.4. The fourth-order valence-electron chi connectivity index (χ4n) is 9.61. The lowest BCUT2D eigenvalue weighted by atomic mass is 9.92. The van der Waals surface area contributed by atoms with Gasteiger partial charge in [-0.15, -0.1) is 13.2 Å². The summed E-state index contributed by atoms with van der Waals surface area (Å²) in [5.74, 6) is -0.991. The van der Waals surface area contributed by atoms with Crippen LogP contribution < -0.4 is 0 Å². The number of carbonyl (C=O) groups excluding carboxylic acids is 2. The van der Waals surface area contributed by atoms with E-state index in [4.69, 9.17) is 47.4 Å². The molecule has 0 saturated carbocycles. The van der Waals surface area contributed by atoms with E-state index in [1.165, 1.54) is 0 Å². The van der Waals surface area contributed by atoms with Gasteiger partial charge in [0.15, 0.2) is 0 Å². The zero-order chi connectivity index (χ0) is 53.3. The maximum atomic E-state index is 13.6. The quantitative estimate of drug-likeness (QED) is 0.0315. The molecule has 0 bridgehead atoms. The predicted molar refractivity (Wildman–Crippen MR) is 293 cm³/mol. The van der Waals surface area contributed by atoms with Gasteiger partial charge in [0.25, 0.3) is 0 Å². The van der Waals surface area contributed by atoms with Crippen molar-refractivity contribution in [3.63, 3.8) is 0 Å². The molecule has 2 fully saturated rings. The Labute approximate surface area is 453 Å². The van der Waals surface area contributed by atoms with Crippen LogP contribution in [-0.4, -0.2) is 86.2 Å². The van der Waals surface area contributed by atoms with Crippen LogP contribution in [-0.2, 0) is 96.6 Å². The van der Waals surface area contributed by atoms with E-state index in [0.29, 0.717) is 39.3 Å². The molecule has 0 amide bonds. The summed E-state index contributed by atoms with van der Waals surface area (Å²) in [7, 11) is 0. The highest BCUT2D eigenvalue weighted by Gasteiger charge is 2.50. The first-order valence-electron chi connectivity index (χ1n) is 26.7. The lowest BCUT2D eigenvalue weighted by Gasteiger charge is -2.46. The van der Waals surface area contributed by atoms with Crippen molar-refractivity contribution in [2.75, 3.05) is 13.2 Å². The number of carbonyl (C=O) groups is 2. The fraction of sp³-hybridized carbons (Fsp3) is 0.354. The number of esters is 2. The smallest absolute Gasteiger partial charge is 0.305 e. The van der Waals surface area contributed by atoms with Crippen LogP contribution in [0.2, 0.25) is 0 Å². The molecule has 6 aromatic rings. The van der Waals surface area contributed by atoms with Crippen LogP contribution in [0.1, 0.15) is 65.5 Å². The highest BCUT2D eigenvalue weighted by atomic mass is 16.6. The molecule has 12 nitrogen and oxygen atoms in total. The largest absolute Gasteiger partial charge is 0.463 e. The van der Waals surface area contributed by atoms with Crippen LogP contribution in [0.4, 0.5) is 0 Å². The Morgan fingerprint density at radius 3 is 0.831 bits per heavy atom. The van der Waals surface area contributed by atoms with Gasteiger partial charge in [-0.2, -0.15) is 0 Å². The average molecular weight is 1050 g/mol. The highest BCUT2D eigenvalue weighted by molar-refractivity contribution is 5.72. The van der Waals surface area contributed by atoms with Gasteiger partial charge in [-0.1, -0.05) is 194 Å². The summed E-state index contributed by atoms with van der Waals surface area (Å²) in [6.07, 6.45) is -1.61. The summed E-state index contributed by atoms with van der Waals surface area (Å²) in [6, 6.07) is 59.4. The SMILES string of the molecule is C=CC[C@H]1O[C@H](COC(=O)CCCC(=O)OC[C@H]2O[C@H](CC=C)[C@H](OCc3ccccc3)[C@@H](OCc3ccccc3)[C@H]2OCc2ccccc2)[C@H](OCc2ccccc2)[C@H](OCc2ccccc2)[C@H]1OCc1ccccc1. The van der Waals surface area contributed by atoms with E-state index in [0.717, 1.165) is 33.4 Å². The lowest BCUT2D eigenvalue weighted by Crippen LogP contribution is -2.61. The van der Waals surface area contributed by atoms with Gasteiger partial charge >= 0.3 is 11.9 Å². The van der Waals surface area contributed by atoms with Gasteiger partial charge in [-0.25, -0.2) is 0 Å². The van der Waals surface area contributed by atoms with Crippen molar-refractivity contribution >= 4 is 11.9 Å². The van der Waals surface area contributed by atoms with Crippen molar-refractivity contribution in [2.24, 2.45) is 0 Å². The molecule has 0 aromatic heterocycles. The second-order valence-corrected chi connectivity index (χ2v) is 19.3. The molecular formula is C65H72O12. The molecule has 2 saturated heterocycles. The van der Waals surface area contributed by atoms with Crippen molar-refractivity contribution < 1.29 is 57.0 Å². The summed E-state index contributed by atoms with van der Waals surface area (Å²) in [5.41, 5.74) is 5.89. The van der Waals surface area contributed by atoms with Gasteiger partial charge in [0.2, 0.25) is 0 Å². The third kappa shape index (κ3) is 17.7. The van der Waals surface area contributed by atoms with Crippen molar-refractivity contribution in [2.45, 2.75) is 133 Å². The Balaban J connectivity index is 0.921. The minimum Gasteiger partial charge on any atom is -0.463 e. The standard InChI is InChI=1S/C65H72O12/c1-3-24-54-60(70-40-48-26-11-5-12-27-48)64(74-44-52-34-19-9-20-35-52)62(72-42-50-30-15-7-16-31-50)56(76-54)46-68-58(66)38-23-39-59(67)69-47-57-63(73-43-51-32-17-8-18-33-51)65(75-45-53-36-21-10-22-37-53)61(55(77-57)25-4-2)71-41-49-28-13-6-14-29-49/h3-22,26-37,54-57,60-65H,1-2,23-25,38-47H2/t54-,55-,56-,57-,60+,61+,62+,63+,64-,65-/m1/s1. The summed E-state index contributed by atoms with van der Waals surface area (Å²) in [6.45, 7) is 9.56. The summed E-state index contributed by atoms with van der Waals surface area (Å²) >= 11 is 0. The molecule has 2 heterocycles. The zero-order valence-electron chi connectivity index (χ0n) is 43.8. The molecule has 77 heavy (non-hydrogen) atoms. The average Bonchev–Trinajstić information content (AvgIpc) is 3.48. The molecule has 404 valence electrons. The van der Waals surface area contributed by atoms with Crippen molar-refractivity contribution in [1.82, 2.24) is 0 Å². The van der Waals surface area contributed by atoms with E-state index < -0.39 is 73.0 Å². The molecule has 0 aliphatic carbocycles. The van der Waals surface area contributed by atoms with Crippen LogP contribution in [0.25, 0.3) is 0 Å². The second kappa shape index (κ2) is 31.0. The number of benzene rings is 6. The molecule has 6 aromatic carbocycles. The second-order valence-electron chi connectivity index (χ2n) is 19.3. The zero-order valence-corrected chi connectivity index (χ0v) is 43.8. The molecule has 12 heteroatoms. The van der Waals surface area contributed by atoms with Crippen LogP contribution in [0.15, 0.2) is 207 Å². The molecule has 0 N–H and O–H groups in total. The number of hydrogen-bond donors (Lipinski definition) is 0. The molecular weight excluding hydrogens is 973 g/mol. The normalized spacial score (nSPS) is 23.1. The summed E-state index contributed by atoms with van der Waals surface area (Å²) in [4.78, 5) is 27.1. The summed E-state index contributed by atoms with van der Waals surface area (Å²) in [5, 5.41) is 0. The van der Waals surface area contributed by atoms with Gasteiger partial charge in [-0.05, 0) is 52.6 Å². The Kier molecular flexibility index (Phi) is 22.8.